The second kappa shape index (κ2) is 12.6. The molecule has 0 N–H and O–H groups in total. The summed E-state index contributed by atoms with van der Waals surface area (Å²) in [7, 11) is 3.08. The van der Waals surface area contributed by atoms with Gasteiger partial charge in [0.25, 0.3) is 11.5 Å². The molecule has 42 heavy (non-hydrogen) atoms. The molecule has 1 aromatic heterocycles. The summed E-state index contributed by atoms with van der Waals surface area (Å²) in [6.45, 7) is 5.21. The molecule has 0 saturated carbocycles. The molecule has 2 aliphatic heterocycles. The zero-order valence-electron chi connectivity index (χ0n) is 24.0. The molecule has 5 rings (SSSR count). The average Bonchev–Trinajstić information content (AvgIpc) is 3.64. The van der Waals surface area contributed by atoms with Crippen molar-refractivity contribution in [2.24, 2.45) is 4.99 Å². The van der Waals surface area contributed by atoms with Crippen molar-refractivity contribution in [3.05, 3.63) is 84.5 Å². The maximum Gasteiger partial charge on any atom is 0.338 e. The second-order valence-corrected chi connectivity index (χ2v) is 10.9. The third kappa shape index (κ3) is 5.82. The predicted molar refractivity (Wildman–Crippen MR) is 158 cm³/mol. The first-order valence-corrected chi connectivity index (χ1v) is 14.6. The summed E-state index contributed by atoms with van der Waals surface area (Å²) in [6.07, 6.45) is 3.84. The minimum absolute atomic E-state index is 0.00504. The number of allylic oxidation sites excluding steroid dienone is 1. The van der Waals surface area contributed by atoms with Gasteiger partial charge >= 0.3 is 5.97 Å². The Kier molecular flexibility index (Phi) is 8.77. The molecule has 10 nitrogen and oxygen atoms in total. The van der Waals surface area contributed by atoms with Gasteiger partial charge < -0.3 is 23.8 Å². The van der Waals surface area contributed by atoms with Gasteiger partial charge in [0.05, 0.1) is 36.6 Å². The van der Waals surface area contributed by atoms with Crippen molar-refractivity contribution in [2.45, 2.75) is 32.7 Å². The lowest BCUT2D eigenvalue weighted by Gasteiger charge is -2.26. The number of rotatable bonds is 9. The van der Waals surface area contributed by atoms with Gasteiger partial charge in [0.15, 0.2) is 11.4 Å². The number of fused-ring (bicyclic) bond motifs is 1. The largest absolute Gasteiger partial charge is 0.497 e. The van der Waals surface area contributed by atoms with Crippen LogP contribution in [0.15, 0.2) is 63.5 Å². The highest BCUT2D eigenvalue weighted by atomic mass is 32.1. The average molecular weight is 592 g/mol. The van der Waals surface area contributed by atoms with Gasteiger partial charge in [0, 0.05) is 24.7 Å². The van der Waals surface area contributed by atoms with Crippen molar-refractivity contribution in [1.82, 2.24) is 9.47 Å². The number of aromatic nitrogens is 1. The van der Waals surface area contributed by atoms with Crippen LogP contribution in [0.4, 0.5) is 0 Å². The molecule has 2 aromatic carbocycles. The quantitative estimate of drug-likeness (QED) is 0.352. The monoisotopic (exact) mass is 591 g/mol. The Morgan fingerprint density at radius 2 is 1.76 bits per heavy atom. The van der Waals surface area contributed by atoms with Gasteiger partial charge in [0.2, 0.25) is 0 Å². The van der Waals surface area contributed by atoms with Crippen molar-refractivity contribution in [3.63, 3.8) is 0 Å². The fourth-order valence-corrected chi connectivity index (χ4v) is 6.19. The maximum absolute atomic E-state index is 13.9. The number of thiazole rings is 1. The number of carbonyl (C=O) groups excluding carboxylic acids is 2. The van der Waals surface area contributed by atoms with Crippen LogP contribution < -0.4 is 29.1 Å². The Bertz CT molecular complexity index is 1700. The summed E-state index contributed by atoms with van der Waals surface area (Å²) in [5, 5.41) is 0. The molecule has 0 radical (unpaired) electrons. The van der Waals surface area contributed by atoms with Crippen molar-refractivity contribution >= 4 is 29.3 Å². The van der Waals surface area contributed by atoms with Gasteiger partial charge in [-0.1, -0.05) is 23.5 Å². The molecule has 0 unspecified atom stereocenters. The summed E-state index contributed by atoms with van der Waals surface area (Å²) in [5.74, 6) is 1.05. The molecule has 1 saturated heterocycles. The maximum atomic E-state index is 13.9. The van der Waals surface area contributed by atoms with Crippen LogP contribution in [0, 0.1) is 0 Å². The summed E-state index contributed by atoms with van der Waals surface area (Å²) in [4.78, 5) is 46.3. The second-order valence-electron chi connectivity index (χ2n) is 9.86. The summed E-state index contributed by atoms with van der Waals surface area (Å²) in [6, 6.07) is 11.6. The van der Waals surface area contributed by atoms with Crippen molar-refractivity contribution < 1.29 is 28.5 Å². The Morgan fingerprint density at radius 3 is 2.43 bits per heavy atom. The Hall–Kier alpha value is -4.38. The topological polar surface area (TPSA) is 109 Å². The molecule has 0 aliphatic carbocycles. The van der Waals surface area contributed by atoms with E-state index in [4.69, 9.17) is 18.9 Å². The SMILES string of the molecule is CCOC(=O)C1=C(C)N=c2s/c(=C/c3ccc(OCC(=O)N4CCCC4)cc3)c(=O)n2[C@H]1c1ccc(OC)cc1OC. The van der Waals surface area contributed by atoms with E-state index in [1.807, 2.05) is 17.0 Å². The minimum atomic E-state index is -0.813. The first kappa shape index (κ1) is 29.1. The molecule has 3 aromatic rings. The van der Waals surface area contributed by atoms with E-state index < -0.39 is 12.0 Å². The zero-order chi connectivity index (χ0) is 29.8. The number of benzene rings is 2. The molecule has 0 spiro atoms. The normalized spacial score (nSPS) is 16.6. The number of hydrogen-bond acceptors (Lipinski definition) is 9. The summed E-state index contributed by atoms with van der Waals surface area (Å²) in [5.41, 5.74) is 1.82. The first-order chi connectivity index (χ1) is 20.3. The third-order valence-corrected chi connectivity index (χ3v) is 8.23. The summed E-state index contributed by atoms with van der Waals surface area (Å²) < 4.78 is 24.0. The highest BCUT2D eigenvalue weighted by Crippen LogP contribution is 2.37. The highest BCUT2D eigenvalue weighted by molar-refractivity contribution is 7.07. The van der Waals surface area contributed by atoms with Crippen LogP contribution in [0.1, 0.15) is 43.9 Å². The predicted octanol–water partition coefficient (Wildman–Crippen LogP) is 2.82. The van der Waals surface area contributed by atoms with Crippen LogP contribution in [0.5, 0.6) is 17.2 Å². The van der Waals surface area contributed by atoms with E-state index in [1.165, 1.54) is 23.0 Å². The minimum Gasteiger partial charge on any atom is -0.497 e. The van der Waals surface area contributed by atoms with Crippen LogP contribution in [-0.4, -0.2) is 61.9 Å². The summed E-state index contributed by atoms with van der Waals surface area (Å²) >= 11 is 1.23. The number of ether oxygens (including phenoxy) is 4. The highest BCUT2D eigenvalue weighted by Gasteiger charge is 2.35. The molecule has 0 bridgehead atoms. The van der Waals surface area contributed by atoms with E-state index in [0.717, 1.165) is 31.5 Å². The molecule has 3 heterocycles. The van der Waals surface area contributed by atoms with Crippen molar-refractivity contribution in [3.8, 4) is 17.2 Å². The fraction of sp³-hybridized carbons (Fsp3) is 0.355. The number of methoxy groups -OCH3 is 2. The molecular formula is C31H33N3O7S. The van der Waals surface area contributed by atoms with Gasteiger partial charge in [-0.3, -0.25) is 14.2 Å². The van der Waals surface area contributed by atoms with Crippen LogP contribution in [-0.2, 0) is 14.3 Å². The van der Waals surface area contributed by atoms with E-state index in [0.29, 0.717) is 37.8 Å². The van der Waals surface area contributed by atoms with Crippen LogP contribution >= 0.6 is 11.3 Å². The lowest BCUT2D eigenvalue weighted by atomic mass is 9.95. The van der Waals surface area contributed by atoms with Gasteiger partial charge in [-0.25, -0.2) is 9.79 Å². The van der Waals surface area contributed by atoms with E-state index in [9.17, 15) is 14.4 Å². The van der Waals surface area contributed by atoms with Crippen LogP contribution in [0.25, 0.3) is 6.08 Å². The van der Waals surface area contributed by atoms with E-state index >= 15 is 0 Å². The number of likely N-dealkylation sites (tertiary alicyclic amines) is 1. The number of nitrogens with zero attached hydrogens (tertiary/aromatic N) is 3. The van der Waals surface area contributed by atoms with Gasteiger partial charge in [0.1, 0.15) is 23.3 Å². The Balaban J connectivity index is 1.51. The van der Waals surface area contributed by atoms with E-state index in [-0.39, 0.29) is 30.3 Å². The smallest absolute Gasteiger partial charge is 0.338 e. The van der Waals surface area contributed by atoms with Crippen LogP contribution in [0.2, 0.25) is 0 Å². The number of esters is 1. The Labute approximate surface area is 247 Å². The van der Waals surface area contributed by atoms with Gasteiger partial charge in [-0.05, 0) is 62.6 Å². The van der Waals surface area contributed by atoms with Crippen LogP contribution in [0.3, 0.4) is 0 Å². The van der Waals surface area contributed by atoms with Gasteiger partial charge in [-0.2, -0.15) is 0 Å². The number of hydrogen-bond donors (Lipinski definition) is 0. The van der Waals surface area contributed by atoms with E-state index in [2.05, 4.69) is 4.99 Å². The van der Waals surface area contributed by atoms with Crippen molar-refractivity contribution in [1.29, 1.82) is 0 Å². The zero-order valence-corrected chi connectivity index (χ0v) is 24.9. The number of carbonyl (C=O) groups is 2. The molecule has 1 atom stereocenters. The molecule has 220 valence electrons. The molecular weight excluding hydrogens is 558 g/mol. The first-order valence-electron chi connectivity index (χ1n) is 13.8. The Morgan fingerprint density at radius 1 is 1.05 bits per heavy atom. The van der Waals surface area contributed by atoms with Crippen molar-refractivity contribution in [2.75, 3.05) is 40.5 Å². The van der Waals surface area contributed by atoms with Gasteiger partial charge in [-0.15, -0.1) is 0 Å². The molecule has 1 fully saturated rings. The standard InChI is InChI=1S/C31H33N3O7S/c1-5-40-30(37)27-19(2)32-31-34(28(27)23-13-12-22(38-3)17-24(23)39-4)29(36)25(42-31)16-20-8-10-21(11-9-20)41-18-26(35)33-14-6-7-15-33/h8-13,16-17,28H,5-7,14-15,18H2,1-4H3/b25-16+/t28-/m0/s1. The van der Waals surface area contributed by atoms with E-state index in [1.54, 1.807) is 57.4 Å². The lowest BCUT2D eigenvalue weighted by molar-refractivity contribution is -0.139. The fourth-order valence-electron chi connectivity index (χ4n) is 5.14. The molecule has 11 heteroatoms. The molecule has 1 amide bonds. The third-order valence-electron chi connectivity index (χ3n) is 7.25. The lowest BCUT2D eigenvalue weighted by Crippen LogP contribution is -2.40. The molecule has 2 aliphatic rings. The number of amides is 1.